The standard InChI is InChI=1S/C33H46F2O8S/c1-19(4-9-29(36)42-14-15-44(39,40)41)24-7-8-25-23-6-5-21-18-22(10-12-32(21,2)26(23)11-13-33(24,25)3)43-31(38)20-16-27(34)30(37)28(35)17-20/h16-17,19,21-26,37H,4-15,18H2,1-3H3,(H,39,40,41)/t19?,21-,22-,23+,24-,25?,26+,32+,33-/m1/s1. The van der Waals surface area contributed by atoms with Gasteiger partial charge < -0.3 is 14.6 Å². The molecule has 0 spiro atoms. The number of hydrogen-bond acceptors (Lipinski definition) is 7. The van der Waals surface area contributed by atoms with Gasteiger partial charge in [-0.15, -0.1) is 0 Å². The second-order valence-electron chi connectivity index (χ2n) is 14.5. The van der Waals surface area contributed by atoms with Crippen molar-refractivity contribution in [3.63, 3.8) is 0 Å². The van der Waals surface area contributed by atoms with E-state index < -0.39 is 45.2 Å². The number of phenolic OH excluding ortho intramolecular Hbond substituents is 1. The van der Waals surface area contributed by atoms with Crippen LogP contribution in [0.15, 0.2) is 12.1 Å². The second-order valence-corrected chi connectivity index (χ2v) is 16.1. The Balaban J connectivity index is 1.17. The van der Waals surface area contributed by atoms with Crippen LogP contribution >= 0.6 is 0 Å². The molecular weight excluding hydrogens is 594 g/mol. The molecule has 9 atom stereocenters. The van der Waals surface area contributed by atoms with E-state index in [0.29, 0.717) is 48.3 Å². The molecule has 246 valence electrons. The van der Waals surface area contributed by atoms with Gasteiger partial charge in [-0.3, -0.25) is 9.35 Å². The molecule has 2 N–H and O–H groups in total. The van der Waals surface area contributed by atoms with Crippen LogP contribution in [-0.2, 0) is 24.4 Å². The Hall–Kier alpha value is -2.27. The van der Waals surface area contributed by atoms with Crippen molar-refractivity contribution in [2.75, 3.05) is 12.4 Å². The molecule has 1 aromatic rings. The summed E-state index contributed by atoms with van der Waals surface area (Å²) in [6.07, 6.45) is 9.86. The van der Waals surface area contributed by atoms with Crippen molar-refractivity contribution in [1.29, 1.82) is 0 Å². The van der Waals surface area contributed by atoms with Crippen LogP contribution in [0.5, 0.6) is 5.75 Å². The first-order valence-electron chi connectivity index (χ1n) is 16.1. The number of phenols is 1. The highest BCUT2D eigenvalue weighted by Crippen LogP contribution is 2.68. The third kappa shape index (κ3) is 6.50. The number of halogens is 2. The van der Waals surface area contributed by atoms with E-state index >= 15 is 0 Å². The summed E-state index contributed by atoms with van der Waals surface area (Å²) in [4.78, 5) is 24.9. The number of carbonyl (C=O) groups is 2. The SMILES string of the molecule is CC(CCC(=O)OCCS(=O)(=O)O)[C@H]1CCC2[C@@H]3CC[C@@H]4C[C@H](OC(=O)c5cc(F)c(O)c(F)c5)CC[C@]4(C)[C@H]3CC[C@@]21C. The Kier molecular flexibility index (Phi) is 9.40. The molecule has 0 amide bonds. The molecule has 0 heterocycles. The number of ether oxygens (including phenoxy) is 2. The predicted molar refractivity (Wildman–Crippen MR) is 158 cm³/mol. The zero-order valence-electron chi connectivity index (χ0n) is 25.9. The minimum absolute atomic E-state index is 0.152. The van der Waals surface area contributed by atoms with E-state index in [1.54, 1.807) is 0 Å². The van der Waals surface area contributed by atoms with Crippen LogP contribution in [0.1, 0.15) is 102 Å². The number of esters is 2. The van der Waals surface area contributed by atoms with Gasteiger partial charge in [0.2, 0.25) is 0 Å². The van der Waals surface area contributed by atoms with Gasteiger partial charge in [-0.25, -0.2) is 13.6 Å². The van der Waals surface area contributed by atoms with Gasteiger partial charge in [-0.2, -0.15) is 8.42 Å². The van der Waals surface area contributed by atoms with Crippen molar-refractivity contribution in [2.24, 2.45) is 46.3 Å². The van der Waals surface area contributed by atoms with Crippen LogP contribution in [0, 0.1) is 58.0 Å². The first-order chi connectivity index (χ1) is 20.6. The average Bonchev–Trinajstić information content (AvgIpc) is 3.31. The highest BCUT2D eigenvalue weighted by atomic mass is 32.2. The Labute approximate surface area is 259 Å². The van der Waals surface area contributed by atoms with Crippen LogP contribution in [0.3, 0.4) is 0 Å². The van der Waals surface area contributed by atoms with E-state index in [-0.39, 0.29) is 35.5 Å². The third-order valence-electron chi connectivity index (χ3n) is 12.3. The lowest BCUT2D eigenvalue weighted by Gasteiger charge is -2.61. The molecule has 8 nitrogen and oxygen atoms in total. The monoisotopic (exact) mass is 640 g/mol. The summed E-state index contributed by atoms with van der Waals surface area (Å²) in [6, 6.07) is 1.63. The fourth-order valence-corrected chi connectivity index (χ4v) is 10.4. The fourth-order valence-electron chi connectivity index (χ4n) is 10.1. The van der Waals surface area contributed by atoms with Crippen molar-refractivity contribution >= 4 is 22.1 Å². The molecule has 2 unspecified atom stereocenters. The van der Waals surface area contributed by atoms with Crippen LogP contribution in [0.4, 0.5) is 8.78 Å². The van der Waals surface area contributed by atoms with Crippen molar-refractivity contribution in [1.82, 2.24) is 0 Å². The summed E-state index contributed by atoms with van der Waals surface area (Å²) in [5.41, 5.74) is 0.125. The molecule has 0 aliphatic heterocycles. The fraction of sp³-hybridized carbons (Fsp3) is 0.758. The molecule has 4 aliphatic rings. The minimum Gasteiger partial charge on any atom is -0.503 e. The number of carbonyl (C=O) groups excluding carboxylic acids is 2. The van der Waals surface area contributed by atoms with E-state index in [2.05, 4.69) is 20.8 Å². The molecule has 4 fully saturated rings. The van der Waals surface area contributed by atoms with Crippen LogP contribution in [0.25, 0.3) is 0 Å². The molecule has 0 radical (unpaired) electrons. The highest BCUT2D eigenvalue weighted by Gasteiger charge is 2.60. The molecule has 44 heavy (non-hydrogen) atoms. The normalized spacial score (nSPS) is 35.6. The van der Waals surface area contributed by atoms with Crippen LogP contribution < -0.4 is 0 Å². The molecule has 11 heteroatoms. The predicted octanol–water partition coefficient (Wildman–Crippen LogP) is 6.70. The number of rotatable bonds is 9. The van der Waals surface area contributed by atoms with Gasteiger partial charge in [0.25, 0.3) is 10.1 Å². The molecule has 1 aromatic carbocycles. The zero-order valence-corrected chi connectivity index (χ0v) is 26.7. The molecule has 0 bridgehead atoms. The summed E-state index contributed by atoms with van der Waals surface area (Å²) in [5.74, 6) is -2.14. The Morgan fingerprint density at radius 1 is 1.00 bits per heavy atom. The maximum atomic E-state index is 13.8. The third-order valence-corrected chi connectivity index (χ3v) is 13.0. The van der Waals surface area contributed by atoms with E-state index in [1.807, 2.05) is 0 Å². The molecule has 0 aromatic heterocycles. The van der Waals surface area contributed by atoms with E-state index in [4.69, 9.17) is 14.0 Å². The van der Waals surface area contributed by atoms with Gasteiger partial charge >= 0.3 is 11.9 Å². The second kappa shape index (κ2) is 12.5. The lowest BCUT2D eigenvalue weighted by atomic mass is 9.44. The zero-order chi connectivity index (χ0) is 32.0. The smallest absolute Gasteiger partial charge is 0.338 e. The lowest BCUT2D eigenvalue weighted by molar-refractivity contribution is -0.144. The van der Waals surface area contributed by atoms with Crippen LogP contribution in [-0.4, -0.2) is 48.5 Å². The topological polar surface area (TPSA) is 127 Å². The van der Waals surface area contributed by atoms with Crippen molar-refractivity contribution in [3.8, 4) is 5.75 Å². The Bertz CT molecular complexity index is 1340. The Morgan fingerprint density at radius 2 is 1.66 bits per heavy atom. The molecule has 0 saturated heterocycles. The van der Waals surface area contributed by atoms with Crippen molar-refractivity contribution < 1.29 is 45.9 Å². The van der Waals surface area contributed by atoms with Gasteiger partial charge in [0.15, 0.2) is 17.4 Å². The van der Waals surface area contributed by atoms with Gasteiger partial charge in [-0.1, -0.05) is 20.8 Å². The minimum atomic E-state index is -4.16. The maximum absolute atomic E-state index is 13.8. The maximum Gasteiger partial charge on any atom is 0.338 e. The summed E-state index contributed by atoms with van der Waals surface area (Å²) in [5, 5.41) is 9.35. The van der Waals surface area contributed by atoms with E-state index in [9.17, 15) is 31.9 Å². The van der Waals surface area contributed by atoms with Gasteiger partial charge in [0.05, 0.1) is 5.56 Å². The van der Waals surface area contributed by atoms with Crippen molar-refractivity contribution in [2.45, 2.75) is 97.5 Å². The van der Waals surface area contributed by atoms with E-state index in [1.165, 1.54) is 6.42 Å². The van der Waals surface area contributed by atoms with Crippen molar-refractivity contribution in [3.05, 3.63) is 29.3 Å². The number of fused-ring (bicyclic) bond motifs is 5. The summed E-state index contributed by atoms with van der Waals surface area (Å²) in [6.45, 7) is 6.76. The quantitative estimate of drug-likeness (QED) is 0.226. The van der Waals surface area contributed by atoms with Gasteiger partial charge in [0, 0.05) is 6.42 Å². The molecule has 4 saturated carbocycles. The molecule has 4 aliphatic carbocycles. The Morgan fingerprint density at radius 3 is 2.34 bits per heavy atom. The summed E-state index contributed by atoms with van der Waals surface area (Å²) in [7, 11) is -4.16. The first kappa shape index (κ1) is 33.1. The summed E-state index contributed by atoms with van der Waals surface area (Å²) >= 11 is 0. The molecule has 5 rings (SSSR count). The number of hydrogen-bond donors (Lipinski definition) is 2. The first-order valence-corrected chi connectivity index (χ1v) is 17.7. The van der Waals surface area contributed by atoms with Crippen LogP contribution in [0.2, 0.25) is 0 Å². The average molecular weight is 641 g/mol. The van der Waals surface area contributed by atoms with Gasteiger partial charge in [-0.05, 0) is 123 Å². The van der Waals surface area contributed by atoms with Gasteiger partial charge in [0.1, 0.15) is 18.5 Å². The highest BCUT2D eigenvalue weighted by molar-refractivity contribution is 7.85. The summed E-state index contributed by atoms with van der Waals surface area (Å²) < 4.78 is 68.9. The number of aromatic hydroxyl groups is 1. The van der Waals surface area contributed by atoms with E-state index in [0.717, 1.165) is 57.1 Å². The molecular formula is C33H46F2O8S. The lowest BCUT2D eigenvalue weighted by Crippen LogP contribution is -2.54. The largest absolute Gasteiger partial charge is 0.503 e. The number of benzene rings is 1.